The van der Waals surface area contributed by atoms with Crippen molar-refractivity contribution >= 4 is 11.9 Å². The van der Waals surface area contributed by atoms with E-state index in [1.165, 1.54) is 14.2 Å². The molecular formula is C18H29NO7. The molecule has 1 aromatic rings. The molecule has 8 heteroatoms. The van der Waals surface area contributed by atoms with E-state index < -0.39 is 5.54 Å². The number of methoxy groups -OCH3 is 2. The van der Waals surface area contributed by atoms with Crippen LogP contribution in [0.3, 0.4) is 0 Å². The smallest absolute Gasteiger partial charge is 0.328 e. The fourth-order valence-electron chi connectivity index (χ4n) is 2.52. The van der Waals surface area contributed by atoms with E-state index in [1.54, 1.807) is 7.05 Å². The van der Waals surface area contributed by atoms with Crippen LogP contribution in [0.25, 0.3) is 0 Å². The zero-order valence-corrected chi connectivity index (χ0v) is 15.6. The molecule has 1 saturated heterocycles. The Morgan fingerprint density at radius 2 is 1.88 bits per heavy atom. The van der Waals surface area contributed by atoms with Gasteiger partial charge in [-0.15, -0.1) is 0 Å². The predicted octanol–water partition coefficient (Wildman–Crippen LogP) is 0.168. The fraction of sp³-hybridized carbons (Fsp3) is 0.556. The number of aliphatic hydroxyl groups excluding tert-OH is 1. The summed E-state index contributed by atoms with van der Waals surface area (Å²) in [4.78, 5) is 24.7. The molecule has 0 aliphatic carbocycles. The molecule has 1 aromatic carbocycles. The van der Waals surface area contributed by atoms with Gasteiger partial charge in [0.2, 0.25) is 0 Å². The van der Waals surface area contributed by atoms with E-state index in [-0.39, 0.29) is 30.4 Å². The molecule has 1 atom stereocenters. The van der Waals surface area contributed by atoms with Crippen molar-refractivity contribution in [2.45, 2.75) is 25.0 Å². The van der Waals surface area contributed by atoms with E-state index in [4.69, 9.17) is 14.6 Å². The van der Waals surface area contributed by atoms with Gasteiger partial charge in [-0.3, -0.25) is 9.69 Å². The third kappa shape index (κ3) is 6.72. The van der Waals surface area contributed by atoms with Gasteiger partial charge < -0.3 is 24.8 Å². The Labute approximate surface area is 154 Å². The predicted molar refractivity (Wildman–Crippen MR) is 95.4 cm³/mol. The molecule has 0 saturated carbocycles. The summed E-state index contributed by atoms with van der Waals surface area (Å²) >= 11 is 0. The lowest BCUT2D eigenvalue weighted by Gasteiger charge is -2.34. The van der Waals surface area contributed by atoms with Crippen LogP contribution in [0.15, 0.2) is 30.3 Å². The SMILES string of the molecule is COC(=O)CCN(C)C1(C(=O)OC)CCOC1.O.OCc1ccccc1. The minimum atomic E-state index is -0.761. The number of likely N-dealkylation sites (N-methyl/N-ethyl adjacent to an activating group) is 1. The summed E-state index contributed by atoms with van der Waals surface area (Å²) in [5, 5.41) is 8.54. The minimum absolute atomic E-state index is 0. The highest BCUT2D eigenvalue weighted by atomic mass is 16.5. The van der Waals surface area contributed by atoms with Crippen molar-refractivity contribution in [2.75, 3.05) is 41.0 Å². The Morgan fingerprint density at radius 3 is 2.31 bits per heavy atom. The first-order valence-corrected chi connectivity index (χ1v) is 8.09. The Hall–Kier alpha value is -2.00. The van der Waals surface area contributed by atoms with Crippen LogP contribution >= 0.6 is 0 Å². The second kappa shape index (κ2) is 12.4. The minimum Gasteiger partial charge on any atom is -0.469 e. The van der Waals surface area contributed by atoms with Crippen molar-refractivity contribution in [1.82, 2.24) is 4.90 Å². The zero-order chi connectivity index (χ0) is 18.7. The van der Waals surface area contributed by atoms with Gasteiger partial charge in [0.25, 0.3) is 0 Å². The Morgan fingerprint density at radius 1 is 1.23 bits per heavy atom. The summed E-state index contributed by atoms with van der Waals surface area (Å²) in [6.45, 7) is 1.40. The van der Waals surface area contributed by atoms with Crippen LogP contribution in [-0.4, -0.2) is 74.0 Å². The van der Waals surface area contributed by atoms with Gasteiger partial charge >= 0.3 is 11.9 Å². The first-order valence-electron chi connectivity index (χ1n) is 8.09. The lowest BCUT2D eigenvalue weighted by molar-refractivity contribution is -0.155. The zero-order valence-electron chi connectivity index (χ0n) is 15.6. The molecule has 0 bridgehead atoms. The van der Waals surface area contributed by atoms with Gasteiger partial charge in [0.05, 0.1) is 33.9 Å². The van der Waals surface area contributed by atoms with Crippen LogP contribution in [0.5, 0.6) is 0 Å². The number of esters is 2. The van der Waals surface area contributed by atoms with Crippen LogP contribution < -0.4 is 0 Å². The summed E-state index contributed by atoms with van der Waals surface area (Å²) in [6, 6.07) is 9.52. The highest BCUT2D eigenvalue weighted by Gasteiger charge is 2.46. The van der Waals surface area contributed by atoms with Crippen molar-refractivity contribution < 1.29 is 34.4 Å². The summed E-state index contributed by atoms with van der Waals surface area (Å²) < 4.78 is 14.7. The molecule has 0 spiro atoms. The van der Waals surface area contributed by atoms with E-state index in [0.29, 0.717) is 26.2 Å². The van der Waals surface area contributed by atoms with Gasteiger partial charge in [0, 0.05) is 19.6 Å². The average Bonchev–Trinajstić information content (AvgIpc) is 3.17. The Balaban J connectivity index is 0.000000583. The summed E-state index contributed by atoms with van der Waals surface area (Å²) in [6.07, 6.45) is 0.823. The summed E-state index contributed by atoms with van der Waals surface area (Å²) in [5.74, 6) is -0.613. The van der Waals surface area contributed by atoms with E-state index in [0.717, 1.165) is 5.56 Å². The molecule has 0 amide bonds. The van der Waals surface area contributed by atoms with Gasteiger partial charge in [0.1, 0.15) is 5.54 Å². The Bertz CT molecular complexity index is 530. The number of hydrogen-bond donors (Lipinski definition) is 1. The number of ether oxygens (including phenoxy) is 3. The molecule has 1 heterocycles. The van der Waals surface area contributed by atoms with E-state index in [9.17, 15) is 9.59 Å². The second-order valence-electron chi connectivity index (χ2n) is 5.72. The van der Waals surface area contributed by atoms with Gasteiger partial charge in [-0.05, 0) is 12.6 Å². The largest absolute Gasteiger partial charge is 0.469 e. The quantitative estimate of drug-likeness (QED) is 0.708. The lowest BCUT2D eigenvalue weighted by atomic mass is 9.96. The number of benzene rings is 1. The van der Waals surface area contributed by atoms with Crippen molar-refractivity contribution in [3.63, 3.8) is 0 Å². The topological polar surface area (TPSA) is 117 Å². The molecule has 26 heavy (non-hydrogen) atoms. The van der Waals surface area contributed by atoms with Crippen LogP contribution in [0.2, 0.25) is 0 Å². The standard InChI is InChI=1S/C11H19NO5.C7H8O.H2O/c1-12(6-4-9(13)15-2)11(10(14)16-3)5-7-17-8-11;8-6-7-4-2-1-3-5-7;/h4-8H2,1-3H3;1-5,8H,6H2;1H2. The van der Waals surface area contributed by atoms with Crippen molar-refractivity contribution in [2.24, 2.45) is 0 Å². The number of aliphatic hydroxyl groups is 1. The number of carbonyl (C=O) groups excluding carboxylic acids is 2. The third-order valence-corrected chi connectivity index (χ3v) is 4.20. The molecule has 1 unspecified atom stereocenters. The molecule has 0 aromatic heterocycles. The van der Waals surface area contributed by atoms with E-state index in [2.05, 4.69) is 4.74 Å². The molecule has 2 rings (SSSR count). The highest BCUT2D eigenvalue weighted by molar-refractivity contribution is 5.81. The fourth-order valence-corrected chi connectivity index (χ4v) is 2.52. The third-order valence-electron chi connectivity index (χ3n) is 4.20. The molecule has 148 valence electrons. The van der Waals surface area contributed by atoms with E-state index >= 15 is 0 Å². The normalized spacial score (nSPS) is 18.3. The number of hydrogen-bond acceptors (Lipinski definition) is 7. The molecule has 1 aliphatic heterocycles. The van der Waals surface area contributed by atoms with Crippen LogP contribution in [0.1, 0.15) is 18.4 Å². The first-order chi connectivity index (χ1) is 12.0. The summed E-state index contributed by atoms with van der Waals surface area (Å²) in [7, 11) is 4.49. The molecule has 3 N–H and O–H groups in total. The van der Waals surface area contributed by atoms with Crippen LogP contribution in [0.4, 0.5) is 0 Å². The lowest BCUT2D eigenvalue weighted by Crippen LogP contribution is -2.54. The molecule has 8 nitrogen and oxygen atoms in total. The number of rotatable bonds is 6. The van der Waals surface area contributed by atoms with Crippen molar-refractivity contribution in [3.05, 3.63) is 35.9 Å². The van der Waals surface area contributed by atoms with Crippen molar-refractivity contribution in [1.29, 1.82) is 0 Å². The van der Waals surface area contributed by atoms with Gasteiger partial charge in [-0.25, -0.2) is 4.79 Å². The maximum absolute atomic E-state index is 11.8. The monoisotopic (exact) mass is 371 g/mol. The molecular weight excluding hydrogens is 342 g/mol. The average molecular weight is 371 g/mol. The second-order valence-corrected chi connectivity index (χ2v) is 5.72. The molecule has 1 aliphatic rings. The maximum atomic E-state index is 11.8. The van der Waals surface area contributed by atoms with Crippen LogP contribution in [0, 0.1) is 0 Å². The maximum Gasteiger partial charge on any atom is 0.328 e. The van der Waals surface area contributed by atoms with Gasteiger partial charge in [0.15, 0.2) is 0 Å². The van der Waals surface area contributed by atoms with Gasteiger partial charge in [-0.1, -0.05) is 30.3 Å². The Kier molecular flexibility index (Phi) is 11.4. The number of carbonyl (C=O) groups is 2. The number of nitrogens with zero attached hydrogens (tertiary/aromatic N) is 1. The van der Waals surface area contributed by atoms with E-state index in [1.807, 2.05) is 35.2 Å². The van der Waals surface area contributed by atoms with Crippen molar-refractivity contribution in [3.8, 4) is 0 Å². The van der Waals surface area contributed by atoms with Gasteiger partial charge in [-0.2, -0.15) is 0 Å². The summed E-state index contributed by atoms with van der Waals surface area (Å²) in [5.41, 5.74) is 0.204. The highest BCUT2D eigenvalue weighted by Crippen LogP contribution is 2.26. The molecule has 1 fully saturated rings. The molecule has 0 radical (unpaired) electrons. The van der Waals surface area contributed by atoms with Crippen LogP contribution in [-0.2, 0) is 30.4 Å². The first kappa shape index (κ1) is 24.0.